The Morgan fingerprint density at radius 2 is 0.664 bits per heavy atom. The molecule has 0 radical (unpaired) electrons. The fourth-order valence-corrected chi connectivity index (χ4v) is 17.9. The number of amides is 5. The molecule has 20 rings (SSSR count). The van der Waals surface area contributed by atoms with E-state index in [0.29, 0.717) is 88.1 Å². The number of imidazole rings is 4. The number of nitrogens with one attached hydrogen (secondary N) is 5. The van der Waals surface area contributed by atoms with Crippen molar-refractivity contribution in [1.29, 1.82) is 0 Å². The third-order valence-corrected chi connectivity index (χ3v) is 24.9. The smallest absolute Gasteiger partial charge is 0.364 e. The minimum absolute atomic E-state index is 0.00688. The summed E-state index contributed by atoms with van der Waals surface area (Å²) >= 11 is 3.04. The largest absolute Gasteiger partial charge is 0.449 e. The van der Waals surface area contributed by atoms with Crippen LogP contribution in [0.4, 0.5) is 70.2 Å². The molecule has 8 aromatic carbocycles. The molecule has 8 aromatic heterocycles. The molecule has 0 bridgehead atoms. The van der Waals surface area contributed by atoms with Crippen molar-refractivity contribution in [3.05, 3.63) is 370 Å². The lowest BCUT2D eigenvalue weighted by Gasteiger charge is -2.30. The number of halogens is 17. The van der Waals surface area contributed by atoms with E-state index >= 15 is 0 Å². The van der Waals surface area contributed by atoms with Crippen molar-refractivity contribution in [3.63, 3.8) is 0 Å². The highest BCUT2D eigenvalue weighted by Gasteiger charge is 2.45. The van der Waals surface area contributed by atoms with Gasteiger partial charge in [-0.1, -0.05) is 97.1 Å². The van der Waals surface area contributed by atoms with Crippen molar-refractivity contribution in [1.82, 2.24) is 104 Å². The number of H-pyrrole nitrogens is 4. The summed E-state index contributed by atoms with van der Waals surface area (Å²) in [6.45, 7) is -1.28. The number of fused-ring (bicyclic) bond motifs is 8. The zero-order valence-corrected chi connectivity index (χ0v) is 75.7. The molecule has 12 heterocycles. The lowest BCUT2D eigenvalue weighted by Crippen LogP contribution is -2.40. The van der Waals surface area contributed by atoms with E-state index in [1.807, 2.05) is 0 Å². The van der Waals surface area contributed by atoms with Crippen LogP contribution in [-0.4, -0.2) is 161 Å². The van der Waals surface area contributed by atoms with Crippen molar-refractivity contribution in [2.24, 2.45) is 5.73 Å². The SMILES string of the molecule is CNCc1nc(C(F)(F)F)n2c1CN(C(=O)c1cc(Cc3n[nH]c(=O)c4ccccc34)ccc1F)CC2.NC(=O)c1nc(C(F)(F)F)n2c1CN(C(=O)c1cc(Cc3n[nH]c(=O)c4ccccc34)ccc1F)CC2.O=C(c1cc(Cc2n[nH]c(=O)c3ccccc23)ccc1F)N1CCn2c(C(F)(F)F)nc(Br)c2C1.O=C(c1cc(Cc2n[nH]c(=O)c3ccccc23)ccc1F)N1CCn2cc(C(F)(F)F)nc2C1. The molecule has 0 saturated heterocycles. The van der Waals surface area contributed by atoms with Gasteiger partial charge in [-0.25, -0.2) is 57.9 Å². The van der Waals surface area contributed by atoms with E-state index in [1.165, 1.54) is 86.0 Å². The summed E-state index contributed by atoms with van der Waals surface area (Å²) in [6, 6.07) is 43.9. The monoisotopic (exact) mass is 2050 g/mol. The van der Waals surface area contributed by atoms with E-state index in [1.54, 1.807) is 104 Å². The molecule has 0 atom stereocenters. The fraction of sp³-hybridized carbons (Fsp3) is 0.232. The van der Waals surface area contributed by atoms with E-state index in [4.69, 9.17) is 5.73 Å². The molecular weight excluding hydrogens is 1980 g/mol. The molecule has 143 heavy (non-hydrogen) atoms. The first-order valence-electron chi connectivity index (χ1n) is 43.4. The molecule has 31 nitrogen and oxygen atoms in total. The first-order valence-corrected chi connectivity index (χ1v) is 44.2. The van der Waals surface area contributed by atoms with Crippen molar-refractivity contribution in [2.45, 2.75) is 109 Å². The Balaban J connectivity index is 0.000000131. The Labute approximate surface area is 801 Å². The van der Waals surface area contributed by atoms with Gasteiger partial charge >= 0.3 is 24.7 Å². The zero-order chi connectivity index (χ0) is 102. The molecule has 4 aliphatic rings. The molecule has 7 N–H and O–H groups in total. The molecule has 0 saturated carbocycles. The number of aromatic amines is 4. The van der Waals surface area contributed by atoms with Crippen LogP contribution in [-0.2, 0) is 109 Å². The lowest BCUT2D eigenvalue weighted by molar-refractivity contribution is -0.148. The van der Waals surface area contributed by atoms with Gasteiger partial charge in [0.25, 0.3) is 51.8 Å². The van der Waals surface area contributed by atoms with E-state index < -0.39 is 113 Å². The van der Waals surface area contributed by atoms with Crippen LogP contribution in [0.25, 0.3) is 43.1 Å². The average molecular weight is 2050 g/mol. The Hall–Kier alpha value is -16.2. The predicted octanol–water partition coefficient (Wildman–Crippen LogP) is 13.7. The van der Waals surface area contributed by atoms with Gasteiger partial charge in [0.15, 0.2) is 11.4 Å². The Kier molecular flexibility index (Phi) is 27.2. The molecule has 16 aromatic rings. The second-order valence-electron chi connectivity index (χ2n) is 33.4. The van der Waals surface area contributed by atoms with E-state index in [9.17, 15) is 113 Å². The normalized spacial score (nSPS) is 13.7. The van der Waals surface area contributed by atoms with Gasteiger partial charge in [0.2, 0.25) is 17.5 Å². The number of primary amides is 1. The van der Waals surface area contributed by atoms with Crippen molar-refractivity contribution >= 4 is 88.6 Å². The number of nitrogens with zero attached hydrogens (tertiary/aromatic N) is 16. The van der Waals surface area contributed by atoms with Crippen molar-refractivity contribution < 1.29 is 94.2 Å². The minimum atomic E-state index is -4.82. The molecule has 4 aliphatic heterocycles. The highest BCUT2D eigenvalue weighted by Crippen LogP contribution is 2.39. The highest BCUT2D eigenvalue weighted by molar-refractivity contribution is 9.10. The lowest BCUT2D eigenvalue weighted by atomic mass is 10.0. The molecular formula is C95H73BrF16N22O9. The molecule has 0 unspecified atom stereocenters. The summed E-state index contributed by atoms with van der Waals surface area (Å²) in [5, 5.41) is 33.3. The maximum atomic E-state index is 14.8. The van der Waals surface area contributed by atoms with Crippen LogP contribution in [0.2, 0.25) is 0 Å². The van der Waals surface area contributed by atoms with Crippen LogP contribution in [0, 0.1) is 23.3 Å². The second-order valence-corrected chi connectivity index (χ2v) is 34.1. The third kappa shape index (κ3) is 20.5. The Morgan fingerprint density at radius 3 is 1.00 bits per heavy atom. The number of nitrogens with two attached hydrogens (primary N) is 1. The summed E-state index contributed by atoms with van der Waals surface area (Å²) in [4.78, 5) is 132. The van der Waals surface area contributed by atoms with Gasteiger partial charge < -0.3 is 48.9 Å². The van der Waals surface area contributed by atoms with Crippen molar-refractivity contribution in [3.8, 4) is 0 Å². The topological polar surface area (TPSA) is 391 Å². The summed E-state index contributed by atoms with van der Waals surface area (Å²) in [5.41, 5.74) is 6.33. The van der Waals surface area contributed by atoms with Crippen LogP contribution >= 0.6 is 15.9 Å². The fourth-order valence-electron chi connectivity index (χ4n) is 17.4. The van der Waals surface area contributed by atoms with Crippen molar-refractivity contribution in [2.75, 3.05) is 33.2 Å². The maximum Gasteiger partial charge on any atom is 0.449 e. The first kappa shape index (κ1) is 98.4. The second kappa shape index (κ2) is 39.5. The van der Waals surface area contributed by atoms with Crippen LogP contribution < -0.4 is 33.3 Å². The van der Waals surface area contributed by atoms with Gasteiger partial charge in [0.1, 0.15) is 33.7 Å². The first-order chi connectivity index (χ1) is 68.0. The predicted molar refractivity (Wildman–Crippen MR) is 483 cm³/mol. The van der Waals surface area contributed by atoms with Gasteiger partial charge in [-0.15, -0.1) is 0 Å². The highest BCUT2D eigenvalue weighted by atomic mass is 79.9. The Bertz CT molecular complexity index is 8040. The molecule has 0 fully saturated rings. The number of hydrogen-bond acceptors (Lipinski definition) is 18. The molecule has 5 amide bonds. The summed E-state index contributed by atoms with van der Waals surface area (Å²) in [7, 11) is 1.59. The molecule has 0 aliphatic carbocycles. The van der Waals surface area contributed by atoms with Gasteiger partial charge in [-0.05, 0) is 118 Å². The number of alkyl halides is 12. The summed E-state index contributed by atoms with van der Waals surface area (Å²) in [6.07, 6.45) is -16.9. The van der Waals surface area contributed by atoms with Gasteiger partial charge in [-0.3, -0.25) is 43.2 Å². The quantitative estimate of drug-likeness (QED) is 0.0519. The number of aromatic nitrogens is 16. The van der Waals surface area contributed by atoms with Crippen LogP contribution in [0.1, 0.15) is 149 Å². The summed E-state index contributed by atoms with van der Waals surface area (Å²) < 4.78 is 222. The van der Waals surface area contributed by atoms with E-state index in [0.717, 1.165) is 30.9 Å². The third-order valence-electron chi connectivity index (χ3n) is 24.3. The van der Waals surface area contributed by atoms with E-state index in [-0.39, 0.29) is 182 Å². The van der Waals surface area contributed by atoms with Crippen LogP contribution in [0.3, 0.4) is 0 Å². The maximum absolute atomic E-state index is 14.8. The van der Waals surface area contributed by atoms with E-state index in [2.05, 4.69) is 82.0 Å². The Morgan fingerprint density at radius 1 is 0.364 bits per heavy atom. The zero-order valence-electron chi connectivity index (χ0n) is 74.1. The molecule has 0 spiro atoms. The van der Waals surface area contributed by atoms with Gasteiger partial charge in [0.05, 0.1) is 116 Å². The number of benzene rings is 8. The standard InChI is InChI=1S/C25H22F4N6O2.C24H18F4N6O3.C23H16BrF4N5O2.C23H17F4N5O2/c1-30-12-20-21-13-34(8-9-35(21)24(31-20)25(27,28)29)23(37)17-10-14(6-7-18(17)26)11-19-15-4-2-3-5-16(15)22(36)33-32-19;25-16-6-5-12(10-17-13-3-1-2-4-14(13)21(36)32-31-17)9-15(16)22(37)33-7-8-34-18(11-33)19(20(29)35)30-23(34)24(26,27)28;24-19-18-11-32(7-8-33(18)22(29-19)23(26,27)28)21(35)15-9-12(5-6-16(15)25)10-17-13-3-1-2-4-14(13)20(34)31-30-17;24-17-6-5-13(10-18-14-3-1-2-4-15(14)21(33)30-29-18)9-16(17)22(34)32-8-7-31-11-19(23(25,26)27)28-20(31)12-32/h2-7,10,30H,8-9,11-13H2,1H3,(H,33,36);1-6,9H,7-8,10-11H2,(H2,29,35)(H,32,36);1-6,9H,7-8,10-11H2,(H,31,34);1-6,9,11H,7-8,10,12H2,(H,30,33). The molecule has 48 heteroatoms. The average Bonchev–Trinajstić information content (AvgIpc) is 1.62. The number of hydrogen-bond donors (Lipinski definition) is 6. The van der Waals surface area contributed by atoms with Crippen LogP contribution in [0.15, 0.2) is 200 Å². The van der Waals surface area contributed by atoms with Gasteiger partial charge in [0, 0.05) is 112 Å². The van der Waals surface area contributed by atoms with Crippen LogP contribution in [0.5, 0.6) is 0 Å². The molecule has 736 valence electrons. The number of carbonyl (C=O) groups excluding carboxylic acids is 5. The minimum Gasteiger partial charge on any atom is -0.364 e. The van der Waals surface area contributed by atoms with Gasteiger partial charge in [-0.2, -0.15) is 73.1 Å². The number of carbonyl (C=O) groups is 5. The number of rotatable bonds is 15. The summed E-state index contributed by atoms with van der Waals surface area (Å²) in [5.74, 6) is -10.1.